The Hall–Kier alpha value is -1.62. The van der Waals surface area contributed by atoms with Crippen molar-refractivity contribution < 1.29 is 0 Å². The van der Waals surface area contributed by atoms with Crippen molar-refractivity contribution in [2.24, 2.45) is 0 Å². The highest BCUT2D eigenvalue weighted by Crippen LogP contribution is 2.18. The van der Waals surface area contributed by atoms with Crippen LogP contribution in [0.2, 0.25) is 0 Å². The Labute approximate surface area is 79.5 Å². The lowest BCUT2D eigenvalue weighted by atomic mass is 10.5. The van der Waals surface area contributed by atoms with Crippen LogP contribution in [0.4, 0.5) is 16.6 Å². The van der Waals surface area contributed by atoms with Gasteiger partial charge in [0.25, 0.3) is 0 Å². The number of anilines is 3. The first-order valence-corrected chi connectivity index (χ1v) is 4.60. The molecule has 2 aromatic heterocycles. The molecule has 0 saturated carbocycles. The van der Waals surface area contributed by atoms with Gasteiger partial charge in [-0.15, -0.1) is 11.3 Å². The average molecular weight is 192 g/mol. The number of nitrogen functional groups attached to an aromatic ring is 1. The minimum atomic E-state index is 0.566. The fourth-order valence-corrected chi connectivity index (χ4v) is 1.47. The molecule has 0 amide bonds. The Bertz CT molecular complexity index is 368. The van der Waals surface area contributed by atoms with Crippen LogP contribution in [0.15, 0.2) is 29.9 Å². The summed E-state index contributed by atoms with van der Waals surface area (Å²) in [5.41, 5.74) is 6.02. The van der Waals surface area contributed by atoms with Crippen LogP contribution < -0.4 is 11.1 Å². The summed E-state index contributed by atoms with van der Waals surface area (Å²) in [6.45, 7) is 0. The van der Waals surface area contributed by atoms with Gasteiger partial charge in [-0.2, -0.15) is 0 Å². The van der Waals surface area contributed by atoms with Crippen LogP contribution in [-0.2, 0) is 0 Å². The molecule has 0 unspecified atom stereocenters. The molecule has 66 valence electrons. The highest BCUT2D eigenvalue weighted by atomic mass is 32.1. The van der Waals surface area contributed by atoms with Crippen LogP contribution in [-0.4, -0.2) is 9.97 Å². The molecule has 0 aliphatic heterocycles. The minimum Gasteiger partial charge on any atom is -0.396 e. The van der Waals surface area contributed by atoms with Gasteiger partial charge in [0.1, 0.15) is 0 Å². The maximum atomic E-state index is 5.45. The fourth-order valence-electron chi connectivity index (χ4n) is 0.862. The molecule has 5 heteroatoms. The molecule has 0 saturated heterocycles. The van der Waals surface area contributed by atoms with Gasteiger partial charge in [0.2, 0.25) is 5.95 Å². The molecule has 4 nitrogen and oxygen atoms in total. The van der Waals surface area contributed by atoms with Crippen molar-refractivity contribution >= 4 is 28.0 Å². The van der Waals surface area contributed by atoms with Gasteiger partial charge >= 0.3 is 0 Å². The molecule has 0 aliphatic rings. The molecule has 0 aliphatic carbocycles. The normalized spacial score (nSPS) is 9.85. The summed E-state index contributed by atoms with van der Waals surface area (Å²) < 4.78 is 0. The van der Waals surface area contributed by atoms with Crippen LogP contribution in [0.25, 0.3) is 0 Å². The van der Waals surface area contributed by atoms with Crippen molar-refractivity contribution in [3.8, 4) is 0 Å². The molecule has 0 aromatic carbocycles. The van der Waals surface area contributed by atoms with Crippen molar-refractivity contribution in [1.29, 1.82) is 0 Å². The maximum absolute atomic E-state index is 5.45. The van der Waals surface area contributed by atoms with Crippen molar-refractivity contribution in [2.45, 2.75) is 0 Å². The van der Waals surface area contributed by atoms with Crippen molar-refractivity contribution in [3.05, 3.63) is 29.9 Å². The number of rotatable bonds is 2. The maximum Gasteiger partial charge on any atom is 0.227 e. The summed E-state index contributed by atoms with van der Waals surface area (Å²) in [5, 5.41) is 6.06. The summed E-state index contributed by atoms with van der Waals surface area (Å²) in [5.74, 6) is 0.566. The van der Waals surface area contributed by atoms with Crippen LogP contribution in [0, 0.1) is 0 Å². The third kappa shape index (κ3) is 1.94. The molecule has 0 radical (unpaired) electrons. The molecule has 0 bridgehead atoms. The third-order valence-electron chi connectivity index (χ3n) is 1.43. The molecule has 2 rings (SSSR count). The summed E-state index contributed by atoms with van der Waals surface area (Å²) in [7, 11) is 0. The lowest BCUT2D eigenvalue weighted by Crippen LogP contribution is -1.96. The highest BCUT2D eigenvalue weighted by Gasteiger charge is 1.96. The Morgan fingerprint density at radius 2 is 2.08 bits per heavy atom. The first-order chi connectivity index (χ1) is 6.34. The molecule has 0 spiro atoms. The molecule has 0 atom stereocenters. The highest BCUT2D eigenvalue weighted by molar-refractivity contribution is 7.14. The lowest BCUT2D eigenvalue weighted by molar-refractivity contribution is 1.17. The van der Waals surface area contributed by atoms with Crippen molar-refractivity contribution in [1.82, 2.24) is 9.97 Å². The molecule has 3 N–H and O–H groups in total. The van der Waals surface area contributed by atoms with Crippen molar-refractivity contribution in [3.63, 3.8) is 0 Å². The molecule has 13 heavy (non-hydrogen) atoms. The van der Waals surface area contributed by atoms with Gasteiger partial charge in [0.05, 0.1) is 23.1 Å². The predicted molar refractivity (Wildman–Crippen MR) is 54.0 cm³/mol. The smallest absolute Gasteiger partial charge is 0.227 e. The van der Waals surface area contributed by atoms with Crippen LogP contribution in [0.3, 0.4) is 0 Å². The third-order valence-corrected chi connectivity index (χ3v) is 2.21. The molecular formula is C8H8N4S. The summed E-state index contributed by atoms with van der Waals surface area (Å²) in [6, 6.07) is 3.93. The minimum absolute atomic E-state index is 0.566. The zero-order chi connectivity index (χ0) is 9.10. The van der Waals surface area contributed by atoms with E-state index in [-0.39, 0.29) is 0 Å². The first-order valence-electron chi connectivity index (χ1n) is 3.72. The van der Waals surface area contributed by atoms with Gasteiger partial charge in [0, 0.05) is 0 Å². The largest absolute Gasteiger partial charge is 0.396 e. The van der Waals surface area contributed by atoms with E-state index in [4.69, 9.17) is 5.73 Å². The van der Waals surface area contributed by atoms with E-state index in [0.717, 1.165) is 5.00 Å². The Balaban J connectivity index is 2.15. The Morgan fingerprint density at radius 3 is 2.69 bits per heavy atom. The summed E-state index contributed by atoms with van der Waals surface area (Å²) in [6.07, 6.45) is 3.14. The standard InChI is InChI=1S/C8H8N4S/c9-6-4-10-8(11-5-6)12-7-2-1-3-13-7/h1-5H,9H2,(H,10,11,12). The predicted octanol–water partition coefficient (Wildman–Crippen LogP) is 1.86. The number of aromatic nitrogens is 2. The molecule has 2 heterocycles. The van der Waals surface area contributed by atoms with E-state index < -0.39 is 0 Å². The van der Waals surface area contributed by atoms with Gasteiger partial charge in [0.15, 0.2) is 0 Å². The van der Waals surface area contributed by atoms with E-state index in [2.05, 4.69) is 15.3 Å². The number of nitrogens with two attached hydrogens (primary N) is 1. The van der Waals surface area contributed by atoms with E-state index in [0.29, 0.717) is 11.6 Å². The van der Waals surface area contributed by atoms with Crippen LogP contribution in [0.1, 0.15) is 0 Å². The topological polar surface area (TPSA) is 63.8 Å². The zero-order valence-electron chi connectivity index (χ0n) is 6.77. The SMILES string of the molecule is Nc1cnc(Nc2cccs2)nc1. The number of nitrogens with zero attached hydrogens (tertiary/aromatic N) is 2. The number of nitrogens with one attached hydrogen (secondary N) is 1. The number of thiophene rings is 1. The Morgan fingerprint density at radius 1 is 1.31 bits per heavy atom. The zero-order valence-corrected chi connectivity index (χ0v) is 7.58. The van der Waals surface area contributed by atoms with Crippen LogP contribution >= 0.6 is 11.3 Å². The van der Waals surface area contributed by atoms with Gasteiger partial charge < -0.3 is 11.1 Å². The quantitative estimate of drug-likeness (QED) is 0.762. The van der Waals surface area contributed by atoms with Gasteiger partial charge in [-0.1, -0.05) is 0 Å². The fraction of sp³-hybridized carbons (Fsp3) is 0. The second-order valence-corrected chi connectivity index (χ2v) is 3.39. The van der Waals surface area contributed by atoms with Gasteiger partial charge in [-0.25, -0.2) is 9.97 Å². The number of hydrogen-bond acceptors (Lipinski definition) is 5. The molecule has 0 fully saturated rings. The lowest BCUT2D eigenvalue weighted by Gasteiger charge is -2.00. The number of hydrogen-bond donors (Lipinski definition) is 2. The summed E-state index contributed by atoms with van der Waals surface area (Å²) in [4.78, 5) is 8.03. The second-order valence-electron chi connectivity index (χ2n) is 2.44. The monoisotopic (exact) mass is 192 g/mol. The van der Waals surface area contributed by atoms with E-state index in [9.17, 15) is 0 Å². The van der Waals surface area contributed by atoms with Gasteiger partial charge in [-0.05, 0) is 17.5 Å². The molecule has 2 aromatic rings. The van der Waals surface area contributed by atoms with E-state index >= 15 is 0 Å². The van der Waals surface area contributed by atoms with Crippen LogP contribution in [0.5, 0.6) is 0 Å². The van der Waals surface area contributed by atoms with E-state index in [1.807, 2.05) is 17.5 Å². The average Bonchev–Trinajstić information content (AvgIpc) is 2.62. The second kappa shape index (κ2) is 3.40. The van der Waals surface area contributed by atoms with E-state index in [1.54, 1.807) is 23.7 Å². The Kier molecular flexibility index (Phi) is 2.09. The van der Waals surface area contributed by atoms with Gasteiger partial charge in [-0.3, -0.25) is 0 Å². The van der Waals surface area contributed by atoms with Crippen molar-refractivity contribution in [2.75, 3.05) is 11.1 Å². The first kappa shape index (κ1) is 8.00. The molecular weight excluding hydrogens is 184 g/mol. The van der Waals surface area contributed by atoms with E-state index in [1.165, 1.54) is 0 Å². The summed E-state index contributed by atoms with van der Waals surface area (Å²) >= 11 is 1.60.